The van der Waals surface area contributed by atoms with E-state index in [2.05, 4.69) is 30.5 Å². The molecule has 0 aliphatic rings. The van der Waals surface area contributed by atoms with Crippen LogP contribution in [0.15, 0.2) is 60.3 Å². The lowest BCUT2D eigenvalue weighted by atomic mass is 9.97. The molecule has 0 bridgehead atoms. The van der Waals surface area contributed by atoms with Crippen molar-refractivity contribution in [2.24, 2.45) is 0 Å². The molecule has 2 aromatic carbocycles. The van der Waals surface area contributed by atoms with E-state index in [1.165, 1.54) is 6.20 Å². The second kappa shape index (κ2) is 8.70. The van der Waals surface area contributed by atoms with Gasteiger partial charge in [-0.25, -0.2) is 0 Å². The van der Waals surface area contributed by atoms with Gasteiger partial charge in [0.2, 0.25) is 0 Å². The third kappa shape index (κ3) is 4.71. The van der Waals surface area contributed by atoms with Crippen molar-refractivity contribution in [1.29, 1.82) is 5.26 Å². The third-order valence-corrected chi connectivity index (χ3v) is 4.23. The standard InChI is InChI=1S/C21H23N3O/c1-4-15(2)18-10-6-8-12-20(18)23-14-17(13-22)21(25)24-19-11-7-5-9-16(19)3/h5-12,14-15,23H,4H2,1-3H3,(H,24,25)/b17-14-. The van der Waals surface area contributed by atoms with E-state index in [0.29, 0.717) is 11.6 Å². The topological polar surface area (TPSA) is 64.9 Å². The van der Waals surface area contributed by atoms with Gasteiger partial charge in [0.25, 0.3) is 5.91 Å². The van der Waals surface area contributed by atoms with Crippen molar-refractivity contribution in [3.05, 3.63) is 71.4 Å². The molecule has 1 atom stereocenters. The number of rotatable bonds is 6. The van der Waals surface area contributed by atoms with E-state index in [1.807, 2.05) is 55.5 Å². The van der Waals surface area contributed by atoms with Gasteiger partial charge in [-0.1, -0.05) is 50.2 Å². The van der Waals surface area contributed by atoms with Gasteiger partial charge >= 0.3 is 0 Å². The minimum atomic E-state index is -0.426. The highest BCUT2D eigenvalue weighted by molar-refractivity contribution is 6.07. The van der Waals surface area contributed by atoms with E-state index in [4.69, 9.17) is 0 Å². The number of aryl methyl sites for hydroxylation is 1. The summed E-state index contributed by atoms with van der Waals surface area (Å²) in [5, 5.41) is 15.2. The van der Waals surface area contributed by atoms with Crippen LogP contribution in [0.3, 0.4) is 0 Å². The Kier molecular flexibility index (Phi) is 6.36. The van der Waals surface area contributed by atoms with Crippen LogP contribution in [0.25, 0.3) is 0 Å². The largest absolute Gasteiger partial charge is 0.360 e. The minimum absolute atomic E-state index is 0.0298. The first-order chi connectivity index (χ1) is 12.1. The zero-order chi connectivity index (χ0) is 18.2. The molecule has 0 aliphatic heterocycles. The van der Waals surface area contributed by atoms with Crippen molar-refractivity contribution in [3.8, 4) is 6.07 Å². The molecule has 0 spiro atoms. The van der Waals surface area contributed by atoms with E-state index >= 15 is 0 Å². The molecule has 2 N–H and O–H groups in total. The molecule has 1 amide bonds. The SMILES string of the molecule is CCC(C)c1ccccc1N/C=C(/C#N)C(=O)Nc1ccccc1C. The summed E-state index contributed by atoms with van der Waals surface area (Å²) in [5.74, 6) is -0.0336. The lowest BCUT2D eigenvalue weighted by Gasteiger charge is -2.14. The average molecular weight is 333 g/mol. The lowest BCUT2D eigenvalue weighted by Crippen LogP contribution is -2.15. The monoisotopic (exact) mass is 333 g/mol. The van der Waals surface area contributed by atoms with Gasteiger partial charge in [0, 0.05) is 17.6 Å². The molecule has 0 aromatic heterocycles. The van der Waals surface area contributed by atoms with Gasteiger partial charge < -0.3 is 10.6 Å². The molecule has 0 saturated heterocycles. The molecule has 2 aromatic rings. The second-order valence-electron chi connectivity index (χ2n) is 5.98. The molecular formula is C21H23N3O. The Hall–Kier alpha value is -3.06. The number of hydrogen-bond donors (Lipinski definition) is 2. The van der Waals surface area contributed by atoms with Gasteiger partial charge in [-0.2, -0.15) is 5.26 Å². The van der Waals surface area contributed by atoms with Crippen LogP contribution >= 0.6 is 0 Å². The third-order valence-electron chi connectivity index (χ3n) is 4.23. The smallest absolute Gasteiger partial charge is 0.267 e. The van der Waals surface area contributed by atoms with Gasteiger partial charge in [0.15, 0.2) is 0 Å². The fourth-order valence-corrected chi connectivity index (χ4v) is 2.48. The van der Waals surface area contributed by atoms with Gasteiger partial charge in [0.1, 0.15) is 11.6 Å². The first kappa shape index (κ1) is 18.3. The van der Waals surface area contributed by atoms with E-state index in [-0.39, 0.29) is 5.57 Å². The van der Waals surface area contributed by atoms with Crippen molar-refractivity contribution >= 4 is 17.3 Å². The molecule has 0 fully saturated rings. The highest BCUT2D eigenvalue weighted by Gasteiger charge is 2.12. The van der Waals surface area contributed by atoms with E-state index in [9.17, 15) is 10.1 Å². The van der Waals surface area contributed by atoms with Crippen LogP contribution in [-0.4, -0.2) is 5.91 Å². The fourth-order valence-electron chi connectivity index (χ4n) is 2.48. The highest BCUT2D eigenvalue weighted by atomic mass is 16.1. The number of para-hydroxylation sites is 2. The molecule has 128 valence electrons. The molecule has 2 rings (SSSR count). The summed E-state index contributed by atoms with van der Waals surface area (Å²) in [6, 6.07) is 17.4. The number of hydrogen-bond acceptors (Lipinski definition) is 3. The maximum Gasteiger partial charge on any atom is 0.267 e. The predicted octanol–water partition coefficient (Wildman–Crippen LogP) is 4.97. The molecular weight excluding hydrogens is 310 g/mol. The molecule has 0 saturated carbocycles. The van der Waals surface area contributed by atoms with Crippen LogP contribution in [-0.2, 0) is 4.79 Å². The van der Waals surface area contributed by atoms with Crippen LogP contribution in [0.5, 0.6) is 0 Å². The Labute approximate surface area is 149 Å². The van der Waals surface area contributed by atoms with Crippen LogP contribution < -0.4 is 10.6 Å². The number of carbonyl (C=O) groups excluding carboxylic acids is 1. The maximum atomic E-state index is 12.4. The van der Waals surface area contributed by atoms with Gasteiger partial charge in [0.05, 0.1) is 0 Å². The molecule has 4 heteroatoms. The molecule has 1 unspecified atom stereocenters. The Morgan fingerprint density at radius 2 is 1.80 bits per heavy atom. The molecule has 25 heavy (non-hydrogen) atoms. The molecule has 4 nitrogen and oxygen atoms in total. The molecule has 0 heterocycles. The Morgan fingerprint density at radius 1 is 1.16 bits per heavy atom. The number of carbonyl (C=O) groups is 1. The Balaban J connectivity index is 2.17. The number of nitriles is 1. The highest BCUT2D eigenvalue weighted by Crippen LogP contribution is 2.26. The zero-order valence-corrected chi connectivity index (χ0v) is 14.8. The summed E-state index contributed by atoms with van der Waals surface area (Å²) in [6.07, 6.45) is 2.48. The maximum absolute atomic E-state index is 12.4. The minimum Gasteiger partial charge on any atom is -0.360 e. The summed E-state index contributed by atoms with van der Waals surface area (Å²) in [7, 11) is 0. The van der Waals surface area contributed by atoms with Crippen LogP contribution in [0.4, 0.5) is 11.4 Å². The van der Waals surface area contributed by atoms with Crippen molar-refractivity contribution in [2.75, 3.05) is 10.6 Å². The number of anilines is 2. The first-order valence-electron chi connectivity index (χ1n) is 8.39. The van der Waals surface area contributed by atoms with Crippen molar-refractivity contribution in [2.45, 2.75) is 33.1 Å². The normalized spacial score (nSPS) is 12.2. The number of amides is 1. The Bertz CT molecular complexity index is 818. The van der Waals surface area contributed by atoms with Gasteiger partial charge in [-0.3, -0.25) is 4.79 Å². The lowest BCUT2D eigenvalue weighted by molar-refractivity contribution is -0.112. The average Bonchev–Trinajstić information content (AvgIpc) is 2.64. The second-order valence-corrected chi connectivity index (χ2v) is 5.98. The zero-order valence-electron chi connectivity index (χ0n) is 14.8. The molecule has 0 aliphatic carbocycles. The summed E-state index contributed by atoms with van der Waals surface area (Å²) in [4.78, 5) is 12.4. The number of nitrogens with one attached hydrogen (secondary N) is 2. The van der Waals surface area contributed by atoms with Crippen molar-refractivity contribution < 1.29 is 4.79 Å². The van der Waals surface area contributed by atoms with Gasteiger partial charge in [-0.05, 0) is 42.5 Å². The first-order valence-corrected chi connectivity index (χ1v) is 8.39. The van der Waals surface area contributed by atoms with Crippen molar-refractivity contribution in [1.82, 2.24) is 0 Å². The van der Waals surface area contributed by atoms with E-state index in [0.717, 1.165) is 23.2 Å². The van der Waals surface area contributed by atoms with E-state index < -0.39 is 5.91 Å². The summed E-state index contributed by atoms with van der Waals surface area (Å²) in [5.41, 5.74) is 3.75. The van der Waals surface area contributed by atoms with Crippen LogP contribution in [0.2, 0.25) is 0 Å². The predicted molar refractivity (Wildman–Crippen MR) is 102 cm³/mol. The number of nitrogens with zero attached hydrogens (tertiary/aromatic N) is 1. The van der Waals surface area contributed by atoms with E-state index in [1.54, 1.807) is 0 Å². The summed E-state index contributed by atoms with van der Waals surface area (Å²) in [6.45, 7) is 6.19. The summed E-state index contributed by atoms with van der Waals surface area (Å²) >= 11 is 0. The summed E-state index contributed by atoms with van der Waals surface area (Å²) < 4.78 is 0. The number of benzene rings is 2. The quantitative estimate of drug-likeness (QED) is 0.579. The van der Waals surface area contributed by atoms with Crippen molar-refractivity contribution in [3.63, 3.8) is 0 Å². The van der Waals surface area contributed by atoms with Crippen LogP contribution in [0.1, 0.15) is 37.3 Å². The van der Waals surface area contributed by atoms with Gasteiger partial charge in [-0.15, -0.1) is 0 Å². The van der Waals surface area contributed by atoms with Crippen LogP contribution in [0, 0.1) is 18.3 Å². The molecule has 0 radical (unpaired) electrons. The fraction of sp³-hybridized carbons (Fsp3) is 0.238. The Morgan fingerprint density at radius 3 is 2.44 bits per heavy atom.